The summed E-state index contributed by atoms with van der Waals surface area (Å²) in [5, 5.41) is 21.2. The molecule has 100 valence electrons. The van der Waals surface area contributed by atoms with Crippen LogP contribution in [0.3, 0.4) is 0 Å². The van der Waals surface area contributed by atoms with Gasteiger partial charge in [-0.1, -0.05) is 13.8 Å². The van der Waals surface area contributed by atoms with E-state index in [1.165, 1.54) is 6.07 Å². The Balaban J connectivity index is 2.74. The smallest absolute Gasteiger partial charge is 0.255 e. The predicted molar refractivity (Wildman–Crippen MR) is 65.9 cm³/mol. The van der Waals surface area contributed by atoms with E-state index in [9.17, 15) is 14.3 Å². The van der Waals surface area contributed by atoms with Crippen LogP contribution < -0.4 is 5.32 Å². The zero-order valence-corrected chi connectivity index (χ0v) is 10.5. The second-order valence-corrected chi connectivity index (χ2v) is 4.64. The number of carbonyl (C=O) groups excluding carboxylic acids is 1. The van der Waals surface area contributed by atoms with E-state index in [0.29, 0.717) is 12.3 Å². The fraction of sp³-hybridized carbons (Fsp3) is 0.462. The van der Waals surface area contributed by atoms with E-state index < -0.39 is 17.5 Å². The molecule has 0 aromatic heterocycles. The lowest BCUT2D eigenvalue weighted by molar-refractivity contribution is 0.0905. The number of phenolic OH excluding ortho intramolecular Hbond substituents is 1. The molecule has 0 aliphatic carbocycles. The summed E-state index contributed by atoms with van der Waals surface area (Å²) in [7, 11) is 0. The Morgan fingerprint density at radius 2 is 2.11 bits per heavy atom. The van der Waals surface area contributed by atoms with E-state index in [1.54, 1.807) is 0 Å². The minimum atomic E-state index is -0.607. The molecule has 1 aromatic carbocycles. The number of nitrogens with one attached hydrogen (secondary N) is 1. The highest BCUT2D eigenvalue weighted by molar-refractivity contribution is 5.96. The molecular weight excluding hydrogens is 237 g/mol. The van der Waals surface area contributed by atoms with Crippen LogP contribution >= 0.6 is 0 Å². The second-order valence-electron chi connectivity index (χ2n) is 4.64. The van der Waals surface area contributed by atoms with Gasteiger partial charge in [-0.25, -0.2) is 4.39 Å². The summed E-state index contributed by atoms with van der Waals surface area (Å²) in [6.07, 6.45) is 0.629. The molecule has 0 saturated heterocycles. The third-order valence-electron chi connectivity index (χ3n) is 2.52. The number of phenols is 1. The molecule has 3 N–H and O–H groups in total. The number of aromatic hydroxyl groups is 1. The number of amides is 1. The third-order valence-corrected chi connectivity index (χ3v) is 2.52. The lowest BCUT2D eigenvalue weighted by Crippen LogP contribution is -2.38. The van der Waals surface area contributed by atoms with Crippen LogP contribution in [-0.2, 0) is 0 Å². The fourth-order valence-electron chi connectivity index (χ4n) is 1.71. The second kappa shape index (κ2) is 6.35. The topological polar surface area (TPSA) is 69.6 Å². The van der Waals surface area contributed by atoms with Crippen molar-refractivity contribution in [3.8, 4) is 5.75 Å². The maximum absolute atomic E-state index is 12.8. The summed E-state index contributed by atoms with van der Waals surface area (Å²) in [5.74, 6) is -1.21. The fourth-order valence-corrected chi connectivity index (χ4v) is 1.71. The van der Waals surface area contributed by atoms with Crippen LogP contribution in [0, 0.1) is 11.7 Å². The number of hydrogen-bond donors (Lipinski definition) is 3. The Morgan fingerprint density at radius 1 is 1.44 bits per heavy atom. The maximum atomic E-state index is 12.8. The van der Waals surface area contributed by atoms with Crippen molar-refractivity contribution in [1.29, 1.82) is 0 Å². The normalized spacial score (nSPS) is 12.5. The van der Waals surface area contributed by atoms with E-state index in [1.807, 2.05) is 13.8 Å². The first-order valence-corrected chi connectivity index (χ1v) is 5.84. The number of rotatable bonds is 5. The number of benzene rings is 1. The Labute approximate surface area is 105 Å². The molecule has 0 aliphatic heterocycles. The van der Waals surface area contributed by atoms with Gasteiger partial charge in [-0.05, 0) is 24.5 Å². The zero-order valence-electron chi connectivity index (χ0n) is 10.5. The lowest BCUT2D eigenvalue weighted by atomic mass is 10.0. The molecule has 1 aromatic rings. The Hall–Kier alpha value is -1.62. The monoisotopic (exact) mass is 255 g/mol. The summed E-state index contributed by atoms with van der Waals surface area (Å²) < 4.78 is 12.8. The standard InChI is InChI=1S/C13H18FNO3/c1-8(2)5-10(7-16)15-13(18)11-4-3-9(14)6-12(11)17/h3-4,6,8,10,16-17H,5,7H2,1-2H3,(H,15,18). The van der Waals surface area contributed by atoms with Crippen molar-refractivity contribution in [3.05, 3.63) is 29.6 Å². The molecule has 0 spiro atoms. The summed E-state index contributed by atoms with van der Waals surface area (Å²) in [6.45, 7) is 3.78. The van der Waals surface area contributed by atoms with Gasteiger partial charge in [0.1, 0.15) is 11.6 Å². The quantitative estimate of drug-likeness (QED) is 0.749. The van der Waals surface area contributed by atoms with Crippen molar-refractivity contribution in [3.63, 3.8) is 0 Å². The van der Waals surface area contributed by atoms with Crippen LogP contribution in [0.1, 0.15) is 30.6 Å². The van der Waals surface area contributed by atoms with E-state index in [0.717, 1.165) is 12.1 Å². The molecule has 1 amide bonds. The highest BCUT2D eigenvalue weighted by atomic mass is 19.1. The maximum Gasteiger partial charge on any atom is 0.255 e. The van der Waals surface area contributed by atoms with Crippen molar-refractivity contribution in [2.45, 2.75) is 26.3 Å². The van der Waals surface area contributed by atoms with Gasteiger partial charge in [0.25, 0.3) is 5.91 Å². The van der Waals surface area contributed by atoms with Crippen LogP contribution in [0.5, 0.6) is 5.75 Å². The van der Waals surface area contributed by atoms with E-state index in [2.05, 4.69) is 5.32 Å². The average molecular weight is 255 g/mol. The molecular formula is C13H18FNO3. The minimum absolute atomic E-state index is 0.00129. The molecule has 1 atom stereocenters. The molecule has 18 heavy (non-hydrogen) atoms. The van der Waals surface area contributed by atoms with Crippen molar-refractivity contribution in [1.82, 2.24) is 5.32 Å². The molecule has 0 heterocycles. The third kappa shape index (κ3) is 4.00. The van der Waals surface area contributed by atoms with Gasteiger partial charge < -0.3 is 15.5 Å². The summed E-state index contributed by atoms with van der Waals surface area (Å²) >= 11 is 0. The first-order valence-electron chi connectivity index (χ1n) is 5.84. The van der Waals surface area contributed by atoms with Crippen molar-refractivity contribution >= 4 is 5.91 Å². The zero-order chi connectivity index (χ0) is 13.7. The van der Waals surface area contributed by atoms with E-state index in [-0.39, 0.29) is 18.2 Å². The summed E-state index contributed by atoms with van der Waals surface area (Å²) in [5.41, 5.74) is -0.00129. The van der Waals surface area contributed by atoms with Crippen molar-refractivity contribution < 1.29 is 19.4 Å². The highest BCUT2D eigenvalue weighted by Gasteiger charge is 2.17. The van der Waals surface area contributed by atoms with Crippen LogP contribution in [0.15, 0.2) is 18.2 Å². The van der Waals surface area contributed by atoms with Crippen molar-refractivity contribution in [2.75, 3.05) is 6.61 Å². The van der Waals surface area contributed by atoms with Gasteiger partial charge in [-0.2, -0.15) is 0 Å². The number of carbonyl (C=O) groups is 1. The Bertz CT molecular complexity index is 421. The van der Waals surface area contributed by atoms with E-state index >= 15 is 0 Å². The molecule has 0 fully saturated rings. The van der Waals surface area contributed by atoms with Gasteiger partial charge in [0.15, 0.2) is 0 Å². The van der Waals surface area contributed by atoms with Gasteiger partial charge in [-0.15, -0.1) is 0 Å². The van der Waals surface area contributed by atoms with Gasteiger partial charge in [0.05, 0.1) is 18.2 Å². The molecule has 1 unspecified atom stereocenters. The van der Waals surface area contributed by atoms with Crippen molar-refractivity contribution in [2.24, 2.45) is 5.92 Å². The molecule has 0 aliphatic rings. The average Bonchev–Trinajstić information content (AvgIpc) is 2.27. The molecule has 0 bridgehead atoms. The number of halogens is 1. The Morgan fingerprint density at radius 3 is 2.61 bits per heavy atom. The summed E-state index contributed by atoms with van der Waals surface area (Å²) in [4.78, 5) is 11.8. The van der Waals surface area contributed by atoms with Crippen LogP contribution in [0.2, 0.25) is 0 Å². The first-order chi connectivity index (χ1) is 8.43. The largest absolute Gasteiger partial charge is 0.507 e. The molecule has 0 saturated carbocycles. The lowest BCUT2D eigenvalue weighted by Gasteiger charge is -2.18. The molecule has 5 heteroatoms. The van der Waals surface area contributed by atoms with Gasteiger partial charge in [-0.3, -0.25) is 4.79 Å². The van der Waals surface area contributed by atoms with Crippen LogP contribution in [-0.4, -0.2) is 28.8 Å². The van der Waals surface area contributed by atoms with Gasteiger partial charge in [0, 0.05) is 6.07 Å². The molecule has 1 rings (SSSR count). The van der Waals surface area contributed by atoms with Gasteiger partial charge in [0.2, 0.25) is 0 Å². The van der Waals surface area contributed by atoms with Gasteiger partial charge >= 0.3 is 0 Å². The van der Waals surface area contributed by atoms with Crippen LogP contribution in [0.4, 0.5) is 4.39 Å². The first kappa shape index (κ1) is 14.4. The molecule has 4 nitrogen and oxygen atoms in total. The predicted octanol–water partition coefficient (Wildman–Crippen LogP) is 1.67. The number of aliphatic hydroxyl groups is 1. The highest BCUT2D eigenvalue weighted by Crippen LogP contribution is 2.18. The summed E-state index contributed by atoms with van der Waals surface area (Å²) in [6, 6.07) is 2.82. The number of hydrogen-bond acceptors (Lipinski definition) is 3. The van der Waals surface area contributed by atoms with Crippen LogP contribution in [0.25, 0.3) is 0 Å². The molecule has 0 radical (unpaired) electrons. The van der Waals surface area contributed by atoms with E-state index in [4.69, 9.17) is 5.11 Å². The Kier molecular flexibility index (Phi) is 5.09. The SMILES string of the molecule is CC(C)CC(CO)NC(=O)c1ccc(F)cc1O. The minimum Gasteiger partial charge on any atom is -0.507 e. The number of aliphatic hydroxyl groups excluding tert-OH is 1.